The van der Waals surface area contributed by atoms with Crippen molar-refractivity contribution in [2.24, 2.45) is 0 Å². The van der Waals surface area contributed by atoms with E-state index in [0.717, 1.165) is 65.9 Å². The zero-order valence-corrected chi connectivity index (χ0v) is 26.6. The third-order valence-corrected chi connectivity index (χ3v) is 10.1. The van der Waals surface area contributed by atoms with Gasteiger partial charge in [-0.25, -0.2) is 9.97 Å². The van der Waals surface area contributed by atoms with Crippen LogP contribution in [0.2, 0.25) is 0 Å². The lowest BCUT2D eigenvalue weighted by atomic mass is 10.0. The minimum absolute atomic E-state index is 0.691. The van der Waals surface area contributed by atoms with E-state index >= 15 is 0 Å². The number of nitrogens with zero attached hydrogens (tertiary/aromatic N) is 8. The fourth-order valence-corrected chi connectivity index (χ4v) is 7.53. The molecule has 4 aromatic rings. The third-order valence-electron chi connectivity index (χ3n) is 9.64. The summed E-state index contributed by atoms with van der Waals surface area (Å²) in [6.07, 6.45) is 16.6. The molecule has 0 bridgehead atoms. The summed E-state index contributed by atoms with van der Waals surface area (Å²) in [6, 6.07) is 8.70. The molecular weight excluding hydrogens is 608 g/mol. The summed E-state index contributed by atoms with van der Waals surface area (Å²) in [7, 11) is 0. The summed E-state index contributed by atoms with van der Waals surface area (Å²) in [4.78, 5) is 27.5. The van der Waals surface area contributed by atoms with Crippen molar-refractivity contribution in [3.63, 3.8) is 0 Å². The fraction of sp³-hybridized carbons (Fsp3) is 0.625. The molecule has 10 nitrogen and oxygen atoms in total. The van der Waals surface area contributed by atoms with Crippen molar-refractivity contribution in [1.29, 1.82) is 0 Å². The first-order chi connectivity index (χ1) is 21.2. The molecule has 4 aliphatic heterocycles. The van der Waals surface area contributed by atoms with Crippen LogP contribution in [0, 0.1) is 0 Å². The van der Waals surface area contributed by atoms with Crippen molar-refractivity contribution in [2.75, 3.05) is 62.2 Å². The summed E-state index contributed by atoms with van der Waals surface area (Å²) in [5.41, 5.74) is 2.94. The number of piperidine rings is 4. The number of anilines is 2. The summed E-state index contributed by atoms with van der Waals surface area (Å²) in [5, 5.41) is 0. The van der Waals surface area contributed by atoms with E-state index in [-0.39, 0.29) is 0 Å². The predicted octanol–water partition coefficient (Wildman–Crippen LogP) is 6.12. The first-order valence-corrected chi connectivity index (χ1v) is 17.1. The van der Waals surface area contributed by atoms with Crippen LogP contribution in [0.4, 0.5) is 12.0 Å². The summed E-state index contributed by atoms with van der Waals surface area (Å²) < 4.78 is 12.6. The molecule has 0 aliphatic carbocycles. The number of aromatic nitrogens is 4. The molecule has 8 rings (SSSR count). The molecule has 11 heteroatoms. The van der Waals surface area contributed by atoms with E-state index in [0.29, 0.717) is 11.3 Å². The maximum atomic E-state index is 5.88. The summed E-state index contributed by atoms with van der Waals surface area (Å²) >= 11 is 3.42. The van der Waals surface area contributed by atoms with Gasteiger partial charge in [-0.3, -0.25) is 0 Å². The second-order valence-electron chi connectivity index (χ2n) is 12.4. The molecule has 4 aromatic heterocycles. The highest BCUT2D eigenvalue weighted by Crippen LogP contribution is 2.28. The van der Waals surface area contributed by atoms with Crippen LogP contribution in [-0.2, 0) is 0 Å². The van der Waals surface area contributed by atoms with Crippen LogP contribution in [-0.4, -0.2) is 94.2 Å². The van der Waals surface area contributed by atoms with Crippen LogP contribution < -0.4 is 9.80 Å². The molecule has 0 unspecified atom stereocenters. The van der Waals surface area contributed by atoms with Gasteiger partial charge in [-0.05, 0) is 106 Å². The number of hydrogen-bond donors (Lipinski definition) is 0. The Hall–Kier alpha value is -2.76. The van der Waals surface area contributed by atoms with Gasteiger partial charge in [0.15, 0.2) is 11.2 Å². The molecule has 4 aliphatic rings. The maximum Gasteiger partial charge on any atom is 0.299 e. The Morgan fingerprint density at radius 1 is 0.628 bits per heavy atom. The van der Waals surface area contributed by atoms with Gasteiger partial charge in [-0.2, -0.15) is 9.97 Å². The summed E-state index contributed by atoms with van der Waals surface area (Å²) in [6.45, 7) is 9.26. The quantitative estimate of drug-likeness (QED) is 0.257. The monoisotopic (exact) mass is 650 g/mol. The van der Waals surface area contributed by atoms with Crippen molar-refractivity contribution >= 4 is 50.4 Å². The largest absolute Gasteiger partial charge is 0.422 e. The standard InChI is InChI=1S/C16H21BrN4O.C16H22N4O/c17-12-10-14-15(18-11-12)19-16(22-14)21-8-4-13(5-9-21)20-6-2-1-3-7-20;1-2-9-19(10-3-1)13-6-11-20(12-7-13)16-18-15-14(21-16)5-4-8-17-15/h10-11,13H,1-9H2;4-5,8,13H,1-3,6-7,9-12H2. The Bertz CT molecular complexity index is 1430. The van der Waals surface area contributed by atoms with Crippen molar-refractivity contribution < 1.29 is 8.83 Å². The minimum Gasteiger partial charge on any atom is -0.422 e. The van der Waals surface area contributed by atoms with Crippen LogP contribution in [0.3, 0.4) is 0 Å². The average molecular weight is 652 g/mol. The van der Waals surface area contributed by atoms with Gasteiger partial charge in [0.1, 0.15) is 0 Å². The van der Waals surface area contributed by atoms with Gasteiger partial charge >= 0.3 is 0 Å². The second kappa shape index (κ2) is 13.5. The Labute approximate surface area is 262 Å². The highest BCUT2D eigenvalue weighted by atomic mass is 79.9. The van der Waals surface area contributed by atoms with Crippen LogP contribution in [0.1, 0.15) is 64.2 Å². The van der Waals surface area contributed by atoms with Gasteiger partial charge < -0.3 is 28.4 Å². The number of hydrogen-bond acceptors (Lipinski definition) is 10. The summed E-state index contributed by atoms with van der Waals surface area (Å²) in [5.74, 6) is 0. The van der Waals surface area contributed by atoms with Crippen molar-refractivity contribution in [3.8, 4) is 0 Å². The topological polar surface area (TPSA) is 90.8 Å². The first-order valence-electron chi connectivity index (χ1n) is 16.3. The predicted molar refractivity (Wildman–Crippen MR) is 173 cm³/mol. The van der Waals surface area contributed by atoms with Crippen LogP contribution in [0.5, 0.6) is 0 Å². The van der Waals surface area contributed by atoms with Gasteiger partial charge in [-0.15, -0.1) is 0 Å². The van der Waals surface area contributed by atoms with Crippen molar-refractivity contribution in [2.45, 2.75) is 76.3 Å². The molecule has 0 atom stereocenters. The van der Waals surface area contributed by atoms with E-state index in [9.17, 15) is 0 Å². The number of likely N-dealkylation sites (tertiary alicyclic amines) is 2. The van der Waals surface area contributed by atoms with Gasteiger partial charge in [0.25, 0.3) is 12.0 Å². The Morgan fingerprint density at radius 3 is 1.67 bits per heavy atom. The van der Waals surface area contributed by atoms with Gasteiger partial charge in [0.2, 0.25) is 11.3 Å². The van der Waals surface area contributed by atoms with E-state index in [1.54, 1.807) is 12.4 Å². The molecule has 0 amide bonds. The zero-order chi connectivity index (χ0) is 29.0. The van der Waals surface area contributed by atoms with E-state index in [4.69, 9.17) is 8.83 Å². The van der Waals surface area contributed by atoms with E-state index in [2.05, 4.69) is 55.5 Å². The van der Waals surface area contributed by atoms with E-state index in [1.807, 2.05) is 18.2 Å². The van der Waals surface area contributed by atoms with Crippen molar-refractivity contribution in [1.82, 2.24) is 29.7 Å². The molecule has 0 aromatic carbocycles. The number of rotatable bonds is 4. The lowest BCUT2D eigenvalue weighted by molar-refractivity contribution is 0.140. The molecule has 4 fully saturated rings. The molecule has 0 radical (unpaired) electrons. The van der Waals surface area contributed by atoms with Gasteiger partial charge in [0, 0.05) is 61.2 Å². The SMILES string of the molecule is Brc1cnc2nc(N3CCC(N4CCCCC4)CC3)oc2c1.c1cnc2nc(N3CCC(N4CCCCC4)CC3)oc2c1. The lowest BCUT2D eigenvalue weighted by Gasteiger charge is -2.39. The molecule has 43 heavy (non-hydrogen) atoms. The third kappa shape index (κ3) is 6.83. The molecule has 0 N–H and O–H groups in total. The number of halogens is 1. The van der Waals surface area contributed by atoms with Gasteiger partial charge in [0.05, 0.1) is 0 Å². The number of oxazole rings is 2. The van der Waals surface area contributed by atoms with Gasteiger partial charge in [-0.1, -0.05) is 12.8 Å². The van der Waals surface area contributed by atoms with Crippen LogP contribution >= 0.6 is 15.9 Å². The normalized spacial score (nSPS) is 21.8. The second-order valence-corrected chi connectivity index (χ2v) is 13.3. The smallest absolute Gasteiger partial charge is 0.299 e. The molecular formula is C32H43BrN8O2. The van der Waals surface area contributed by atoms with Crippen LogP contribution in [0.25, 0.3) is 22.5 Å². The molecule has 4 saturated heterocycles. The first kappa shape index (κ1) is 29.0. The zero-order valence-electron chi connectivity index (χ0n) is 25.0. The Balaban J connectivity index is 0.000000140. The lowest BCUT2D eigenvalue weighted by Crippen LogP contribution is -2.46. The van der Waals surface area contributed by atoms with Crippen LogP contribution in [0.15, 0.2) is 43.9 Å². The number of fused-ring (bicyclic) bond motifs is 2. The Morgan fingerprint density at radius 2 is 1.14 bits per heavy atom. The molecule has 8 heterocycles. The Kier molecular flexibility index (Phi) is 9.09. The average Bonchev–Trinajstić information content (AvgIpc) is 3.71. The molecule has 0 spiro atoms. The van der Waals surface area contributed by atoms with Crippen molar-refractivity contribution in [3.05, 3.63) is 35.1 Å². The van der Waals surface area contributed by atoms with E-state index < -0.39 is 0 Å². The minimum atomic E-state index is 0.691. The fourth-order valence-electron chi connectivity index (χ4n) is 7.22. The maximum absolute atomic E-state index is 5.88. The number of pyridine rings is 2. The van der Waals surface area contributed by atoms with E-state index in [1.165, 1.54) is 90.4 Å². The highest BCUT2D eigenvalue weighted by molar-refractivity contribution is 9.10. The molecule has 0 saturated carbocycles. The highest BCUT2D eigenvalue weighted by Gasteiger charge is 2.29. The molecule has 230 valence electrons.